The van der Waals surface area contributed by atoms with Crippen LogP contribution in [0.2, 0.25) is 0 Å². The van der Waals surface area contributed by atoms with Crippen molar-refractivity contribution < 1.29 is 14.2 Å². The van der Waals surface area contributed by atoms with Crippen molar-refractivity contribution >= 4 is 11.7 Å². The molecule has 0 saturated heterocycles. The first-order chi connectivity index (χ1) is 10.7. The predicted molar refractivity (Wildman–Crippen MR) is 78.7 cm³/mol. The molecule has 0 spiro atoms. The minimum Gasteiger partial charge on any atom is -0.474 e. The van der Waals surface area contributed by atoms with E-state index in [2.05, 4.69) is 25.2 Å². The molecule has 1 fully saturated rings. The van der Waals surface area contributed by atoms with Crippen LogP contribution < -0.4 is 10.1 Å². The van der Waals surface area contributed by atoms with Crippen LogP contribution in [0.3, 0.4) is 0 Å². The SMILES string of the molecule is Cc1nonc1NC(=O)c1ccnc(OC2CCCCC2)c1. The van der Waals surface area contributed by atoms with Crippen LogP contribution >= 0.6 is 0 Å². The average Bonchev–Trinajstić information content (AvgIpc) is 2.94. The van der Waals surface area contributed by atoms with Gasteiger partial charge < -0.3 is 10.1 Å². The Labute approximate surface area is 128 Å². The van der Waals surface area contributed by atoms with Gasteiger partial charge in [0.15, 0.2) is 0 Å². The Kier molecular flexibility index (Phi) is 4.32. The molecule has 2 aromatic heterocycles. The van der Waals surface area contributed by atoms with Gasteiger partial charge in [0.2, 0.25) is 11.7 Å². The maximum Gasteiger partial charge on any atom is 0.257 e. The summed E-state index contributed by atoms with van der Waals surface area (Å²) >= 11 is 0. The number of rotatable bonds is 4. The molecule has 0 aromatic carbocycles. The lowest BCUT2D eigenvalue weighted by atomic mass is 9.98. The van der Waals surface area contributed by atoms with Crippen LogP contribution in [-0.2, 0) is 0 Å². The number of carbonyl (C=O) groups is 1. The van der Waals surface area contributed by atoms with Crippen molar-refractivity contribution in [3.63, 3.8) is 0 Å². The van der Waals surface area contributed by atoms with Crippen molar-refractivity contribution in [2.24, 2.45) is 0 Å². The number of nitrogens with one attached hydrogen (secondary N) is 1. The summed E-state index contributed by atoms with van der Waals surface area (Å²) in [6.07, 6.45) is 7.49. The van der Waals surface area contributed by atoms with Crippen LogP contribution in [0.4, 0.5) is 5.82 Å². The van der Waals surface area contributed by atoms with Crippen molar-refractivity contribution in [2.75, 3.05) is 5.32 Å². The number of hydrogen-bond acceptors (Lipinski definition) is 6. The molecule has 22 heavy (non-hydrogen) atoms. The van der Waals surface area contributed by atoms with E-state index in [9.17, 15) is 4.79 Å². The molecule has 116 valence electrons. The van der Waals surface area contributed by atoms with Crippen molar-refractivity contribution in [1.29, 1.82) is 0 Å². The highest BCUT2D eigenvalue weighted by atomic mass is 16.6. The summed E-state index contributed by atoms with van der Waals surface area (Å²) in [7, 11) is 0. The lowest BCUT2D eigenvalue weighted by Gasteiger charge is -2.22. The van der Waals surface area contributed by atoms with E-state index in [1.165, 1.54) is 19.3 Å². The van der Waals surface area contributed by atoms with Crippen molar-refractivity contribution in [3.05, 3.63) is 29.6 Å². The summed E-state index contributed by atoms with van der Waals surface area (Å²) in [6, 6.07) is 3.28. The molecular formula is C15H18N4O3. The van der Waals surface area contributed by atoms with Crippen LogP contribution in [0.1, 0.15) is 48.2 Å². The smallest absolute Gasteiger partial charge is 0.257 e. The fraction of sp³-hybridized carbons (Fsp3) is 0.467. The average molecular weight is 302 g/mol. The van der Waals surface area contributed by atoms with Crippen LogP contribution in [0, 0.1) is 6.92 Å². The minimum atomic E-state index is -0.297. The van der Waals surface area contributed by atoms with E-state index in [0.717, 1.165) is 12.8 Å². The Bertz CT molecular complexity index is 650. The first-order valence-corrected chi connectivity index (χ1v) is 7.45. The molecule has 1 amide bonds. The number of aromatic nitrogens is 3. The summed E-state index contributed by atoms with van der Waals surface area (Å²) in [5.41, 5.74) is 0.990. The second-order valence-electron chi connectivity index (χ2n) is 5.41. The Morgan fingerprint density at radius 1 is 1.32 bits per heavy atom. The number of carbonyl (C=O) groups excluding carboxylic acids is 1. The van der Waals surface area contributed by atoms with E-state index >= 15 is 0 Å². The number of anilines is 1. The van der Waals surface area contributed by atoms with Gasteiger partial charge in [-0.2, -0.15) is 0 Å². The highest BCUT2D eigenvalue weighted by Gasteiger charge is 2.17. The van der Waals surface area contributed by atoms with Gasteiger partial charge in [-0.25, -0.2) is 9.61 Å². The van der Waals surface area contributed by atoms with E-state index < -0.39 is 0 Å². The molecule has 7 heteroatoms. The molecule has 1 saturated carbocycles. The Balaban J connectivity index is 1.67. The first-order valence-electron chi connectivity index (χ1n) is 7.45. The van der Waals surface area contributed by atoms with Gasteiger partial charge in [0.1, 0.15) is 11.8 Å². The maximum atomic E-state index is 12.2. The molecule has 0 atom stereocenters. The molecule has 1 aliphatic carbocycles. The summed E-state index contributed by atoms with van der Waals surface area (Å²) in [5.74, 6) is 0.501. The van der Waals surface area contributed by atoms with Gasteiger partial charge in [-0.05, 0) is 43.8 Å². The van der Waals surface area contributed by atoms with E-state index in [4.69, 9.17) is 4.74 Å². The van der Waals surface area contributed by atoms with E-state index in [1.54, 1.807) is 25.3 Å². The standard InChI is InChI=1S/C15H18N4O3/c1-10-14(19-22-18-10)17-15(20)11-7-8-16-13(9-11)21-12-5-3-2-4-6-12/h7-9,12H,2-6H2,1H3,(H,17,19,20). The second kappa shape index (κ2) is 6.55. The Morgan fingerprint density at radius 3 is 2.86 bits per heavy atom. The lowest BCUT2D eigenvalue weighted by molar-refractivity contribution is 0.102. The molecule has 2 heterocycles. The Morgan fingerprint density at radius 2 is 2.14 bits per heavy atom. The number of aryl methyl sites for hydroxylation is 1. The zero-order valence-corrected chi connectivity index (χ0v) is 12.4. The van der Waals surface area contributed by atoms with Gasteiger partial charge in [0.25, 0.3) is 5.91 Å². The third-order valence-corrected chi connectivity index (χ3v) is 3.72. The molecule has 0 bridgehead atoms. The van der Waals surface area contributed by atoms with Gasteiger partial charge in [-0.1, -0.05) is 11.6 Å². The number of ether oxygens (including phenoxy) is 1. The quantitative estimate of drug-likeness (QED) is 0.934. The van der Waals surface area contributed by atoms with E-state index in [0.29, 0.717) is 23.0 Å². The second-order valence-corrected chi connectivity index (χ2v) is 5.41. The predicted octanol–water partition coefficient (Wildman–Crippen LogP) is 2.74. The maximum absolute atomic E-state index is 12.2. The number of hydrogen-bond donors (Lipinski definition) is 1. The molecule has 0 unspecified atom stereocenters. The van der Waals surface area contributed by atoms with Crippen molar-refractivity contribution in [2.45, 2.75) is 45.1 Å². The molecule has 1 N–H and O–H groups in total. The van der Waals surface area contributed by atoms with Gasteiger partial charge in [0.05, 0.1) is 0 Å². The molecule has 2 aromatic rings. The number of nitrogens with zero attached hydrogens (tertiary/aromatic N) is 3. The third kappa shape index (κ3) is 3.41. The molecule has 7 nitrogen and oxygen atoms in total. The van der Waals surface area contributed by atoms with Crippen molar-refractivity contribution in [3.8, 4) is 5.88 Å². The number of pyridine rings is 1. The van der Waals surface area contributed by atoms with Crippen LogP contribution in [0.5, 0.6) is 5.88 Å². The normalized spacial score (nSPS) is 15.5. The molecule has 1 aliphatic rings. The molecule has 0 radical (unpaired) electrons. The van der Waals surface area contributed by atoms with E-state index in [-0.39, 0.29) is 12.0 Å². The topological polar surface area (TPSA) is 90.1 Å². The molecule has 3 rings (SSSR count). The first kappa shape index (κ1) is 14.5. The van der Waals surface area contributed by atoms with Crippen LogP contribution in [0.25, 0.3) is 0 Å². The Hall–Kier alpha value is -2.44. The zero-order valence-electron chi connectivity index (χ0n) is 12.4. The summed E-state index contributed by atoms with van der Waals surface area (Å²) in [4.78, 5) is 16.4. The fourth-order valence-corrected chi connectivity index (χ4v) is 2.49. The lowest BCUT2D eigenvalue weighted by Crippen LogP contribution is -2.20. The summed E-state index contributed by atoms with van der Waals surface area (Å²) in [6.45, 7) is 1.70. The van der Waals surface area contributed by atoms with Gasteiger partial charge in [-0.3, -0.25) is 4.79 Å². The highest BCUT2D eigenvalue weighted by molar-refractivity contribution is 6.04. The van der Waals surface area contributed by atoms with Gasteiger partial charge in [0, 0.05) is 17.8 Å². The summed E-state index contributed by atoms with van der Waals surface area (Å²) < 4.78 is 10.4. The third-order valence-electron chi connectivity index (χ3n) is 3.72. The molecule has 0 aliphatic heterocycles. The van der Waals surface area contributed by atoms with Crippen LogP contribution in [-0.4, -0.2) is 27.3 Å². The number of amides is 1. The monoisotopic (exact) mass is 302 g/mol. The van der Waals surface area contributed by atoms with E-state index in [1.807, 2.05) is 0 Å². The fourth-order valence-electron chi connectivity index (χ4n) is 2.49. The van der Waals surface area contributed by atoms with Crippen molar-refractivity contribution in [1.82, 2.24) is 15.3 Å². The van der Waals surface area contributed by atoms with Gasteiger partial charge >= 0.3 is 0 Å². The minimum absolute atomic E-state index is 0.196. The van der Waals surface area contributed by atoms with Gasteiger partial charge in [-0.15, -0.1) is 0 Å². The zero-order chi connectivity index (χ0) is 15.4. The van der Waals surface area contributed by atoms with Crippen LogP contribution in [0.15, 0.2) is 23.0 Å². The molecular weight excluding hydrogens is 284 g/mol. The highest BCUT2D eigenvalue weighted by Crippen LogP contribution is 2.22. The summed E-state index contributed by atoms with van der Waals surface area (Å²) in [5, 5.41) is 9.90. The largest absolute Gasteiger partial charge is 0.474 e.